The fourth-order valence-corrected chi connectivity index (χ4v) is 3.20. The standard InChI is InChI=1S/C20H22F3N3O3/c1-25-17-12-14(15-4-2-3-5-18(15)29-13-20(21,22)23)6-7-16(17)19(24-25)26(8-10-27)9-11-28/h2-7,12,27-28H,8-11,13H2,1H3. The van der Waals surface area contributed by atoms with E-state index in [0.29, 0.717) is 30.0 Å². The van der Waals surface area contributed by atoms with Crippen LogP contribution in [-0.4, -0.2) is 59.1 Å². The Morgan fingerprint density at radius 3 is 2.41 bits per heavy atom. The van der Waals surface area contributed by atoms with Gasteiger partial charge in [-0.05, 0) is 23.8 Å². The zero-order valence-electron chi connectivity index (χ0n) is 15.9. The fourth-order valence-electron chi connectivity index (χ4n) is 3.20. The molecule has 0 bridgehead atoms. The summed E-state index contributed by atoms with van der Waals surface area (Å²) in [6.45, 7) is -0.884. The van der Waals surface area contributed by atoms with Crippen LogP contribution in [0.5, 0.6) is 5.75 Å². The summed E-state index contributed by atoms with van der Waals surface area (Å²) in [5.41, 5.74) is 2.01. The third-order valence-electron chi connectivity index (χ3n) is 4.46. The topological polar surface area (TPSA) is 70.8 Å². The number of aliphatic hydroxyl groups excluding tert-OH is 2. The first kappa shape index (κ1) is 20.9. The van der Waals surface area contributed by atoms with Gasteiger partial charge in [0.2, 0.25) is 0 Å². The lowest BCUT2D eigenvalue weighted by Crippen LogP contribution is -2.30. The van der Waals surface area contributed by atoms with Crippen LogP contribution in [0.2, 0.25) is 0 Å². The van der Waals surface area contributed by atoms with Crippen LogP contribution in [0.25, 0.3) is 22.0 Å². The summed E-state index contributed by atoms with van der Waals surface area (Å²) in [7, 11) is 1.76. The van der Waals surface area contributed by atoms with E-state index < -0.39 is 12.8 Å². The summed E-state index contributed by atoms with van der Waals surface area (Å²) in [6, 6.07) is 12.0. The van der Waals surface area contributed by atoms with Gasteiger partial charge in [0, 0.05) is 31.1 Å². The molecule has 0 aliphatic carbocycles. The molecule has 3 aromatic rings. The SMILES string of the molecule is Cn1nc(N(CCO)CCO)c2ccc(-c3ccccc3OCC(F)(F)F)cc21. The molecular formula is C20H22F3N3O3. The normalized spacial score (nSPS) is 11.8. The third kappa shape index (κ3) is 4.80. The Bertz CT molecular complexity index is 966. The van der Waals surface area contributed by atoms with Gasteiger partial charge >= 0.3 is 6.18 Å². The Balaban J connectivity index is 2.00. The fraction of sp³-hybridized carbons (Fsp3) is 0.350. The summed E-state index contributed by atoms with van der Waals surface area (Å²) < 4.78 is 44.3. The van der Waals surface area contributed by atoms with Gasteiger partial charge in [-0.3, -0.25) is 4.68 Å². The lowest BCUT2D eigenvalue weighted by Gasteiger charge is -2.20. The van der Waals surface area contributed by atoms with Crippen LogP contribution in [0.15, 0.2) is 42.5 Å². The molecule has 2 aromatic carbocycles. The molecule has 0 radical (unpaired) electrons. The van der Waals surface area contributed by atoms with Crippen molar-refractivity contribution < 1.29 is 28.1 Å². The van der Waals surface area contributed by atoms with Gasteiger partial charge in [0.05, 0.1) is 18.7 Å². The van der Waals surface area contributed by atoms with Crippen LogP contribution in [-0.2, 0) is 7.05 Å². The van der Waals surface area contributed by atoms with Gasteiger partial charge in [-0.2, -0.15) is 18.3 Å². The second kappa shape index (κ2) is 8.71. The van der Waals surface area contributed by atoms with Crippen molar-refractivity contribution in [3.8, 4) is 16.9 Å². The summed E-state index contributed by atoms with van der Waals surface area (Å²) >= 11 is 0. The molecule has 0 unspecified atom stereocenters. The first-order valence-corrected chi connectivity index (χ1v) is 9.06. The van der Waals surface area contributed by atoms with E-state index in [4.69, 9.17) is 4.74 Å². The number of para-hydroxylation sites is 1. The number of benzene rings is 2. The number of aliphatic hydroxyl groups is 2. The minimum absolute atomic E-state index is 0.0833. The first-order valence-electron chi connectivity index (χ1n) is 9.06. The first-order chi connectivity index (χ1) is 13.8. The van der Waals surface area contributed by atoms with Gasteiger partial charge in [-0.15, -0.1) is 0 Å². The molecule has 6 nitrogen and oxygen atoms in total. The van der Waals surface area contributed by atoms with Crippen molar-refractivity contribution in [1.82, 2.24) is 9.78 Å². The maximum absolute atomic E-state index is 12.6. The summed E-state index contributed by atoms with van der Waals surface area (Å²) in [5.74, 6) is 0.771. The Morgan fingerprint density at radius 1 is 1.07 bits per heavy atom. The molecule has 1 aromatic heterocycles. The highest BCUT2D eigenvalue weighted by atomic mass is 19.4. The van der Waals surface area contributed by atoms with Gasteiger partial charge in [-0.1, -0.05) is 24.3 Å². The van der Waals surface area contributed by atoms with E-state index in [9.17, 15) is 23.4 Å². The molecule has 0 aliphatic heterocycles. The molecule has 1 heterocycles. The van der Waals surface area contributed by atoms with E-state index in [1.165, 1.54) is 6.07 Å². The van der Waals surface area contributed by atoms with Crippen molar-refractivity contribution >= 4 is 16.7 Å². The van der Waals surface area contributed by atoms with E-state index >= 15 is 0 Å². The van der Waals surface area contributed by atoms with E-state index in [1.54, 1.807) is 40.9 Å². The summed E-state index contributed by atoms with van der Waals surface area (Å²) in [6.07, 6.45) is -4.42. The van der Waals surface area contributed by atoms with Crippen LogP contribution in [0.4, 0.5) is 19.0 Å². The quantitative estimate of drug-likeness (QED) is 0.599. The molecule has 9 heteroatoms. The third-order valence-corrected chi connectivity index (χ3v) is 4.46. The largest absolute Gasteiger partial charge is 0.483 e. The Morgan fingerprint density at radius 2 is 1.76 bits per heavy atom. The number of hydrogen-bond donors (Lipinski definition) is 2. The highest BCUT2D eigenvalue weighted by molar-refractivity contribution is 5.94. The minimum Gasteiger partial charge on any atom is -0.483 e. The van der Waals surface area contributed by atoms with E-state index in [0.717, 1.165) is 10.9 Å². The van der Waals surface area contributed by atoms with Crippen LogP contribution >= 0.6 is 0 Å². The zero-order valence-corrected chi connectivity index (χ0v) is 15.9. The van der Waals surface area contributed by atoms with Crippen LogP contribution in [0, 0.1) is 0 Å². The number of halogens is 3. The van der Waals surface area contributed by atoms with Crippen molar-refractivity contribution in [3.05, 3.63) is 42.5 Å². The molecule has 3 rings (SSSR count). The molecular weight excluding hydrogens is 387 g/mol. The Labute approximate surface area is 165 Å². The molecule has 0 amide bonds. The van der Waals surface area contributed by atoms with E-state index in [-0.39, 0.29) is 19.0 Å². The number of hydrogen-bond acceptors (Lipinski definition) is 5. The maximum Gasteiger partial charge on any atom is 0.422 e. The van der Waals surface area contributed by atoms with E-state index in [2.05, 4.69) is 5.10 Å². The number of fused-ring (bicyclic) bond motifs is 1. The van der Waals surface area contributed by atoms with Crippen molar-refractivity contribution in [1.29, 1.82) is 0 Å². The molecule has 0 spiro atoms. The molecule has 0 saturated heterocycles. The molecule has 29 heavy (non-hydrogen) atoms. The predicted molar refractivity (Wildman–Crippen MR) is 104 cm³/mol. The number of anilines is 1. The second-order valence-corrected chi connectivity index (χ2v) is 6.51. The average molecular weight is 409 g/mol. The zero-order chi connectivity index (χ0) is 21.0. The smallest absolute Gasteiger partial charge is 0.422 e. The minimum atomic E-state index is -4.42. The van der Waals surface area contributed by atoms with Gasteiger partial charge in [0.1, 0.15) is 5.75 Å². The molecule has 156 valence electrons. The number of alkyl halides is 3. The maximum atomic E-state index is 12.6. The number of nitrogens with zero attached hydrogens (tertiary/aromatic N) is 3. The van der Waals surface area contributed by atoms with E-state index in [1.807, 2.05) is 12.1 Å². The van der Waals surface area contributed by atoms with Crippen LogP contribution in [0.1, 0.15) is 0 Å². The lowest BCUT2D eigenvalue weighted by molar-refractivity contribution is -0.153. The Hall–Kier alpha value is -2.78. The Kier molecular flexibility index (Phi) is 6.29. The molecule has 2 N–H and O–H groups in total. The van der Waals surface area contributed by atoms with Crippen molar-refractivity contribution in [2.45, 2.75) is 6.18 Å². The molecule has 0 aliphatic rings. The number of aromatic nitrogens is 2. The average Bonchev–Trinajstić information content (AvgIpc) is 3.02. The van der Waals surface area contributed by atoms with Crippen molar-refractivity contribution in [3.63, 3.8) is 0 Å². The molecule has 0 atom stereocenters. The highest BCUT2D eigenvalue weighted by Crippen LogP contribution is 2.35. The predicted octanol–water partition coefficient (Wildman–Crippen LogP) is 2.97. The van der Waals surface area contributed by atoms with Crippen molar-refractivity contribution in [2.75, 3.05) is 37.8 Å². The number of rotatable bonds is 8. The van der Waals surface area contributed by atoms with Crippen LogP contribution < -0.4 is 9.64 Å². The molecule has 0 fully saturated rings. The van der Waals surface area contributed by atoms with Gasteiger partial charge in [0.25, 0.3) is 0 Å². The van der Waals surface area contributed by atoms with Gasteiger partial charge < -0.3 is 19.8 Å². The van der Waals surface area contributed by atoms with Crippen molar-refractivity contribution in [2.24, 2.45) is 7.05 Å². The summed E-state index contributed by atoms with van der Waals surface area (Å²) in [5, 5.41) is 23.9. The second-order valence-electron chi connectivity index (χ2n) is 6.51. The lowest BCUT2D eigenvalue weighted by atomic mass is 10.0. The monoisotopic (exact) mass is 409 g/mol. The highest BCUT2D eigenvalue weighted by Gasteiger charge is 2.29. The van der Waals surface area contributed by atoms with Gasteiger partial charge in [-0.25, -0.2) is 0 Å². The molecule has 0 saturated carbocycles. The number of aryl methyl sites for hydroxylation is 1. The van der Waals surface area contributed by atoms with Gasteiger partial charge in [0.15, 0.2) is 12.4 Å². The number of ether oxygens (including phenoxy) is 1. The summed E-state index contributed by atoms with van der Waals surface area (Å²) in [4.78, 5) is 1.78. The van der Waals surface area contributed by atoms with Crippen LogP contribution in [0.3, 0.4) is 0 Å².